The molecule has 0 saturated heterocycles. The molecule has 3 N–H and O–H groups in total. The van der Waals surface area contributed by atoms with E-state index in [0.717, 1.165) is 29.9 Å². The van der Waals surface area contributed by atoms with Crippen LogP contribution in [0.15, 0.2) is 29.3 Å². The Kier molecular flexibility index (Phi) is 5.20. The molecule has 0 radical (unpaired) electrons. The Labute approximate surface area is 132 Å². The van der Waals surface area contributed by atoms with Gasteiger partial charge in [0.2, 0.25) is 0 Å². The van der Waals surface area contributed by atoms with Gasteiger partial charge in [-0.15, -0.1) is 0 Å². The first-order valence-corrected chi connectivity index (χ1v) is 7.72. The van der Waals surface area contributed by atoms with Gasteiger partial charge in [-0.25, -0.2) is 4.99 Å². The Morgan fingerprint density at radius 2 is 1.91 bits per heavy atom. The van der Waals surface area contributed by atoms with Gasteiger partial charge in [0, 0.05) is 12.7 Å². The van der Waals surface area contributed by atoms with Crippen molar-refractivity contribution in [2.45, 2.75) is 40.2 Å². The highest BCUT2D eigenvalue weighted by Gasteiger charge is 2.07. The molecule has 0 aliphatic carbocycles. The molecule has 0 amide bonds. The SMILES string of the molecule is CCc1cccc(CC)c1NC(N)=NCc1cc(C)nn1C. The van der Waals surface area contributed by atoms with Crippen LogP contribution >= 0.6 is 0 Å². The van der Waals surface area contributed by atoms with E-state index < -0.39 is 0 Å². The minimum Gasteiger partial charge on any atom is -0.370 e. The topological polar surface area (TPSA) is 68.2 Å². The number of nitrogens with zero attached hydrogens (tertiary/aromatic N) is 3. The molecule has 0 atom stereocenters. The standard InChI is InChI=1S/C17H25N5/c1-5-13-8-7-9-14(6-2)16(13)20-17(18)19-11-15-10-12(3)21-22(15)4/h7-10H,5-6,11H2,1-4H3,(H3,18,19,20). The van der Waals surface area contributed by atoms with Gasteiger partial charge >= 0.3 is 0 Å². The third-order valence-corrected chi connectivity index (χ3v) is 3.76. The number of benzene rings is 1. The van der Waals surface area contributed by atoms with Crippen LogP contribution in [0, 0.1) is 6.92 Å². The Morgan fingerprint density at radius 1 is 1.27 bits per heavy atom. The summed E-state index contributed by atoms with van der Waals surface area (Å²) in [7, 11) is 1.92. The van der Waals surface area contributed by atoms with Crippen LogP contribution in [0.5, 0.6) is 0 Å². The Balaban J connectivity index is 2.16. The second kappa shape index (κ2) is 7.11. The average Bonchev–Trinajstić information content (AvgIpc) is 2.83. The maximum Gasteiger partial charge on any atom is 0.193 e. The largest absolute Gasteiger partial charge is 0.370 e. The van der Waals surface area contributed by atoms with Gasteiger partial charge in [-0.05, 0) is 37.0 Å². The van der Waals surface area contributed by atoms with E-state index in [1.54, 1.807) is 0 Å². The van der Waals surface area contributed by atoms with Crippen molar-refractivity contribution in [3.63, 3.8) is 0 Å². The molecule has 0 fully saturated rings. The van der Waals surface area contributed by atoms with Crippen LogP contribution in [0.2, 0.25) is 0 Å². The van der Waals surface area contributed by atoms with E-state index in [4.69, 9.17) is 5.73 Å². The monoisotopic (exact) mass is 299 g/mol. The third kappa shape index (κ3) is 3.67. The van der Waals surface area contributed by atoms with E-state index in [9.17, 15) is 0 Å². The highest BCUT2D eigenvalue weighted by molar-refractivity contribution is 5.93. The van der Waals surface area contributed by atoms with Gasteiger partial charge in [0.05, 0.1) is 17.9 Å². The Morgan fingerprint density at radius 3 is 2.41 bits per heavy atom. The van der Waals surface area contributed by atoms with Crippen molar-refractivity contribution in [1.82, 2.24) is 9.78 Å². The van der Waals surface area contributed by atoms with E-state index in [2.05, 4.69) is 47.5 Å². The zero-order chi connectivity index (χ0) is 16.1. The zero-order valence-corrected chi connectivity index (χ0v) is 13.8. The van der Waals surface area contributed by atoms with Crippen LogP contribution in [0.25, 0.3) is 0 Å². The Hall–Kier alpha value is -2.30. The summed E-state index contributed by atoms with van der Waals surface area (Å²) in [5.41, 5.74) is 11.7. The molecule has 1 heterocycles. The molecule has 5 heteroatoms. The normalized spacial score (nSPS) is 11.7. The first kappa shape index (κ1) is 16.1. The van der Waals surface area contributed by atoms with E-state index >= 15 is 0 Å². The molecule has 2 aromatic rings. The van der Waals surface area contributed by atoms with Crippen LogP contribution in [0.3, 0.4) is 0 Å². The van der Waals surface area contributed by atoms with Crippen molar-refractivity contribution in [1.29, 1.82) is 0 Å². The lowest BCUT2D eigenvalue weighted by Gasteiger charge is -2.14. The molecular weight excluding hydrogens is 274 g/mol. The fourth-order valence-corrected chi connectivity index (χ4v) is 2.55. The second-order valence-electron chi connectivity index (χ2n) is 5.39. The number of rotatable bonds is 5. The number of aromatic nitrogens is 2. The first-order chi connectivity index (χ1) is 10.5. The summed E-state index contributed by atoms with van der Waals surface area (Å²) >= 11 is 0. The Bertz CT molecular complexity index is 647. The summed E-state index contributed by atoms with van der Waals surface area (Å²) in [4.78, 5) is 4.44. The molecule has 22 heavy (non-hydrogen) atoms. The number of aryl methyl sites for hydroxylation is 4. The lowest BCUT2D eigenvalue weighted by Crippen LogP contribution is -2.24. The predicted molar refractivity (Wildman–Crippen MR) is 92.1 cm³/mol. The molecule has 0 unspecified atom stereocenters. The van der Waals surface area contributed by atoms with E-state index in [-0.39, 0.29) is 0 Å². The quantitative estimate of drug-likeness (QED) is 0.659. The smallest absolute Gasteiger partial charge is 0.193 e. The molecule has 5 nitrogen and oxygen atoms in total. The number of hydrogen-bond donors (Lipinski definition) is 2. The summed E-state index contributed by atoms with van der Waals surface area (Å²) in [6, 6.07) is 8.36. The van der Waals surface area contributed by atoms with Gasteiger partial charge in [-0.1, -0.05) is 32.0 Å². The number of anilines is 1. The number of nitrogens with one attached hydrogen (secondary N) is 1. The summed E-state index contributed by atoms with van der Waals surface area (Å²) in [6.07, 6.45) is 1.93. The summed E-state index contributed by atoms with van der Waals surface area (Å²) in [5, 5.41) is 7.59. The molecule has 0 bridgehead atoms. The number of para-hydroxylation sites is 1. The number of aliphatic imine (C=N–C) groups is 1. The molecule has 1 aromatic carbocycles. The number of guanidine groups is 1. The van der Waals surface area contributed by atoms with Gasteiger partial charge in [-0.2, -0.15) is 5.10 Å². The summed E-state index contributed by atoms with van der Waals surface area (Å²) in [5.74, 6) is 0.439. The fraction of sp³-hybridized carbons (Fsp3) is 0.412. The van der Waals surface area contributed by atoms with Crippen molar-refractivity contribution in [3.05, 3.63) is 46.8 Å². The second-order valence-corrected chi connectivity index (χ2v) is 5.39. The fourth-order valence-electron chi connectivity index (χ4n) is 2.55. The van der Waals surface area contributed by atoms with E-state index in [1.165, 1.54) is 11.1 Å². The molecule has 0 saturated carbocycles. The van der Waals surface area contributed by atoms with Crippen molar-refractivity contribution in [2.75, 3.05) is 5.32 Å². The van der Waals surface area contributed by atoms with E-state index in [1.807, 2.05) is 24.7 Å². The van der Waals surface area contributed by atoms with Crippen LogP contribution in [-0.2, 0) is 26.4 Å². The molecule has 2 rings (SSSR count). The lowest BCUT2D eigenvalue weighted by atomic mass is 10.0. The molecular formula is C17H25N5. The highest BCUT2D eigenvalue weighted by atomic mass is 15.3. The van der Waals surface area contributed by atoms with Gasteiger partial charge in [-0.3, -0.25) is 4.68 Å². The maximum absolute atomic E-state index is 6.07. The van der Waals surface area contributed by atoms with Gasteiger partial charge < -0.3 is 11.1 Å². The predicted octanol–water partition coefficient (Wildman–Crippen LogP) is 2.78. The molecule has 0 spiro atoms. The summed E-state index contributed by atoms with van der Waals surface area (Å²) < 4.78 is 1.84. The minimum absolute atomic E-state index is 0.439. The van der Waals surface area contributed by atoms with Gasteiger partial charge in [0.1, 0.15) is 0 Å². The zero-order valence-electron chi connectivity index (χ0n) is 13.8. The molecule has 1 aromatic heterocycles. The molecule has 118 valence electrons. The van der Waals surface area contributed by atoms with Crippen molar-refractivity contribution < 1.29 is 0 Å². The number of nitrogens with two attached hydrogens (primary N) is 1. The van der Waals surface area contributed by atoms with Gasteiger partial charge in [0.25, 0.3) is 0 Å². The lowest BCUT2D eigenvalue weighted by molar-refractivity contribution is 0.706. The van der Waals surface area contributed by atoms with Crippen molar-refractivity contribution >= 4 is 11.6 Å². The average molecular weight is 299 g/mol. The first-order valence-electron chi connectivity index (χ1n) is 7.72. The maximum atomic E-state index is 6.07. The van der Waals surface area contributed by atoms with Crippen molar-refractivity contribution in [3.8, 4) is 0 Å². The van der Waals surface area contributed by atoms with Crippen LogP contribution in [-0.4, -0.2) is 15.7 Å². The van der Waals surface area contributed by atoms with Crippen molar-refractivity contribution in [2.24, 2.45) is 17.8 Å². The van der Waals surface area contributed by atoms with Crippen LogP contribution in [0.4, 0.5) is 5.69 Å². The third-order valence-electron chi connectivity index (χ3n) is 3.76. The van der Waals surface area contributed by atoms with Crippen LogP contribution in [0.1, 0.15) is 36.4 Å². The molecule has 0 aliphatic rings. The van der Waals surface area contributed by atoms with E-state index in [0.29, 0.717) is 12.5 Å². The molecule has 0 aliphatic heterocycles. The van der Waals surface area contributed by atoms with Crippen LogP contribution < -0.4 is 11.1 Å². The number of hydrogen-bond acceptors (Lipinski definition) is 2. The van der Waals surface area contributed by atoms with Gasteiger partial charge in [0.15, 0.2) is 5.96 Å². The minimum atomic E-state index is 0.439. The highest BCUT2D eigenvalue weighted by Crippen LogP contribution is 2.22. The summed E-state index contributed by atoms with van der Waals surface area (Å²) in [6.45, 7) is 6.78.